The lowest BCUT2D eigenvalue weighted by Gasteiger charge is -2.31. The Balaban J connectivity index is 1.05. The van der Waals surface area contributed by atoms with Crippen LogP contribution in [0.4, 0.5) is 0 Å². The van der Waals surface area contributed by atoms with E-state index in [-0.39, 0.29) is 74.3 Å². The summed E-state index contributed by atoms with van der Waals surface area (Å²) in [5, 5.41) is 13.2. The quantitative estimate of drug-likeness (QED) is 0.0141. The molecule has 0 saturated heterocycles. The van der Waals surface area contributed by atoms with E-state index < -0.39 is 53.5 Å². The van der Waals surface area contributed by atoms with E-state index in [4.69, 9.17) is 23.5 Å². The van der Waals surface area contributed by atoms with Gasteiger partial charge in [0, 0.05) is 24.5 Å². The van der Waals surface area contributed by atoms with E-state index in [9.17, 15) is 33.6 Å². The Kier molecular flexibility index (Phi) is 20.5. The maximum absolute atomic E-state index is 13.8. The number of ether oxygens (including phenoxy) is 3. The molecule has 0 fully saturated rings. The zero-order valence-corrected chi connectivity index (χ0v) is 41.0. The minimum Gasteiger partial charge on any atom is -0.493 e. The molecule has 0 spiro atoms. The number of furan rings is 1. The molecule has 0 saturated carbocycles. The second kappa shape index (κ2) is 27.7. The first-order valence-corrected chi connectivity index (χ1v) is 24.2. The predicted octanol–water partition coefficient (Wildman–Crippen LogP) is 7.76. The fourth-order valence-corrected chi connectivity index (χ4v) is 7.82. The summed E-state index contributed by atoms with van der Waals surface area (Å²) in [5.41, 5.74) is 3.06. The Bertz CT molecular complexity index is 2750. The summed E-state index contributed by atoms with van der Waals surface area (Å²) in [6.07, 6.45) is 6.48. The molecule has 18 heteroatoms. The van der Waals surface area contributed by atoms with Crippen molar-refractivity contribution in [2.45, 2.75) is 78.6 Å². The maximum atomic E-state index is 13.8. The highest BCUT2D eigenvalue weighted by atomic mass is 16.7. The van der Waals surface area contributed by atoms with E-state index in [1.165, 1.54) is 12.1 Å². The van der Waals surface area contributed by atoms with Crippen LogP contribution in [0.3, 0.4) is 0 Å². The smallest absolute Gasteiger partial charge is 0.363 e. The van der Waals surface area contributed by atoms with E-state index in [1.807, 2.05) is 55.5 Å². The Hall–Kier alpha value is -8.54. The van der Waals surface area contributed by atoms with Crippen molar-refractivity contribution in [2.24, 2.45) is 11.8 Å². The molecular formula is C55H60N6O12. The molecule has 18 nitrogen and oxygen atoms in total. The van der Waals surface area contributed by atoms with Crippen molar-refractivity contribution in [3.63, 3.8) is 0 Å². The second-order valence-corrected chi connectivity index (χ2v) is 16.8. The number of nitrogens with one attached hydrogen (secondary N) is 3. The van der Waals surface area contributed by atoms with Gasteiger partial charge in [0.2, 0.25) is 12.3 Å². The summed E-state index contributed by atoms with van der Waals surface area (Å²) in [7, 11) is 0. The molecule has 0 aliphatic rings. The number of carbonyl (C=O) groups is 7. The van der Waals surface area contributed by atoms with Crippen molar-refractivity contribution in [2.75, 3.05) is 19.8 Å². The zero-order valence-electron chi connectivity index (χ0n) is 41.0. The third kappa shape index (κ3) is 15.7. The Labute approximate surface area is 423 Å². The molecular weight excluding hydrogens is 937 g/mol. The van der Waals surface area contributed by atoms with Crippen molar-refractivity contribution in [1.29, 1.82) is 0 Å². The standard InChI is InChI=1S/C55H60N6O12/c1-4-7-10-20-44(46(5-2)61(37-62)73-55(68)40-21-24-43(25-22-40)60-30-15-29-59-60)51(64)57-36-58-53(66)48-28-27-47(72-48)41-23-26-45(49(31-41)69-6-3)52(65)56-33-42(54(67)71-35-39-18-13-9-14-19-39)32-50(63)70-34-38-16-11-8-12-17-38/h8-9,11-19,21-31,37,42,44,46H,4-7,10,20,32-36H2,1-3H3,(H,56,65)(H,57,64)(H,58,66)/t42?,44-,46-/m1/s1. The summed E-state index contributed by atoms with van der Waals surface area (Å²) in [5.74, 6) is -5.24. The van der Waals surface area contributed by atoms with Gasteiger partial charge in [0.1, 0.15) is 24.7 Å². The number of hydrogen-bond donors (Lipinski definition) is 3. The van der Waals surface area contributed by atoms with E-state index in [0.29, 0.717) is 24.8 Å². The van der Waals surface area contributed by atoms with Gasteiger partial charge in [-0.05, 0) is 85.5 Å². The minimum atomic E-state index is -1.07. The third-order valence-corrected chi connectivity index (χ3v) is 11.7. The highest BCUT2D eigenvalue weighted by Crippen LogP contribution is 2.30. The number of unbranched alkanes of at least 4 members (excludes halogenated alkanes) is 2. The molecule has 2 aromatic heterocycles. The van der Waals surface area contributed by atoms with Crippen molar-refractivity contribution in [3.8, 4) is 22.8 Å². The lowest BCUT2D eigenvalue weighted by atomic mass is 9.90. The monoisotopic (exact) mass is 996 g/mol. The summed E-state index contributed by atoms with van der Waals surface area (Å²) in [6.45, 7) is 5.21. The number of aromatic nitrogens is 2. The van der Waals surface area contributed by atoms with Crippen LogP contribution in [-0.2, 0) is 46.7 Å². The van der Waals surface area contributed by atoms with Crippen LogP contribution in [0.15, 0.2) is 138 Å². The molecule has 382 valence electrons. The summed E-state index contributed by atoms with van der Waals surface area (Å²) in [4.78, 5) is 98.1. The molecule has 0 aliphatic carbocycles. The van der Waals surface area contributed by atoms with Crippen LogP contribution in [0.5, 0.6) is 5.75 Å². The first-order valence-electron chi connectivity index (χ1n) is 24.2. The molecule has 6 aromatic rings. The highest BCUT2D eigenvalue weighted by molar-refractivity contribution is 5.98. The third-order valence-electron chi connectivity index (χ3n) is 11.7. The van der Waals surface area contributed by atoms with Crippen molar-refractivity contribution in [3.05, 3.63) is 162 Å². The highest BCUT2D eigenvalue weighted by Gasteiger charge is 2.34. The lowest BCUT2D eigenvalue weighted by Crippen LogP contribution is -2.49. The van der Waals surface area contributed by atoms with Crippen molar-refractivity contribution in [1.82, 2.24) is 30.8 Å². The molecule has 3 N–H and O–H groups in total. The van der Waals surface area contributed by atoms with Gasteiger partial charge in [0.05, 0.1) is 54.4 Å². The Morgan fingerprint density at radius 1 is 0.767 bits per heavy atom. The number of rotatable bonds is 28. The van der Waals surface area contributed by atoms with E-state index in [2.05, 4.69) is 21.0 Å². The molecule has 0 radical (unpaired) electrons. The van der Waals surface area contributed by atoms with Crippen LogP contribution in [0.2, 0.25) is 0 Å². The first kappa shape index (κ1) is 53.8. The van der Waals surface area contributed by atoms with Crippen LogP contribution in [0.25, 0.3) is 17.0 Å². The van der Waals surface area contributed by atoms with E-state index in [1.54, 1.807) is 91.6 Å². The number of amides is 4. The average molecular weight is 997 g/mol. The van der Waals surface area contributed by atoms with Gasteiger partial charge in [-0.2, -0.15) is 10.2 Å². The van der Waals surface area contributed by atoms with Crippen molar-refractivity contribution < 1.29 is 57.0 Å². The summed E-state index contributed by atoms with van der Waals surface area (Å²) >= 11 is 0. The fraction of sp³-hybridized carbons (Fsp3) is 0.309. The topological polar surface area (TPSA) is 227 Å². The van der Waals surface area contributed by atoms with Crippen LogP contribution >= 0.6 is 0 Å². The predicted molar refractivity (Wildman–Crippen MR) is 267 cm³/mol. The number of hydroxylamine groups is 2. The molecule has 0 aliphatic heterocycles. The molecule has 1 unspecified atom stereocenters. The van der Waals surface area contributed by atoms with E-state index >= 15 is 0 Å². The molecule has 2 heterocycles. The van der Waals surface area contributed by atoms with Crippen LogP contribution in [-0.4, -0.2) is 82.7 Å². The molecule has 0 bridgehead atoms. The average Bonchev–Trinajstić information content (AvgIpc) is 4.15. The fourth-order valence-electron chi connectivity index (χ4n) is 7.82. The molecule has 73 heavy (non-hydrogen) atoms. The maximum Gasteiger partial charge on any atom is 0.363 e. The van der Waals surface area contributed by atoms with Gasteiger partial charge in [0.15, 0.2) is 5.76 Å². The number of carbonyl (C=O) groups excluding carboxylic acids is 7. The number of hydrogen-bond acceptors (Lipinski definition) is 13. The zero-order chi connectivity index (χ0) is 52.0. The number of esters is 2. The van der Waals surface area contributed by atoms with Gasteiger partial charge >= 0.3 is 17.9 Å². The Morgan fingerprint density at radius 3 is 2.12 bits per heavy atom. The SMILES string of the molecule is CCCCC[C@@H](C(=O)NCNC(=O)c1ccc(-c2ccc(C(=O)NCC(CC(=O)OCc3ccccc3)C(=O)OCc3ccccc3)c(OCC)c2)o1)[C@@H](CC)N(C=O)OC(=O)c1ccc(-n2cccn2)cc1. The van der Waals surface area contributed by atoms with Gasteiger partial charge < -0.3 is 39.4 Å². The van der Waals surface area contributed by atoms with Gasteiger partial charge in [0.25, 0.3) is 11.8 Å². The van der Waals surface area contributed by atoms with Crippen LogP contribution < -0.4 is 20.7 Å². The molecule has 4 aromatic carbocycles. The summed E-state index contributed by atoms with van der Waals surface area (Å²) < 4.78 is 24.4. The van der Waals surface area contributed by atoms with Gasteiger partial charge in [-0.15, -0.1) is 0 Å². The molecule has 4 amide bonds. The Morgan fingerprint density at radius 2 is 1.48 bits per heavy atom. The van der Waals surface area contributed by atoms with Crippen LogP contribution in [0, 0.1) is 11.8 Å². The first-order chi connectivity index (χ1) is 35.5. The molecule has 6 rings (SSSR count). The lowest BCUT2D eigenvalue weighted by molar-refractivity contribution is -0.171. The summed E-state index contributed by atoms with van der Waals surface area (Å²) in [6, 6.07) is 33.3. The van der Waals surface area contributed by atoms with Gasteiger partial charge in [-0.25, -0.2) is 9.48 Å². The van der Waals surface area contributed by atoms with Crippen molar-refractivity contribution >= 4 is 42.0 Å². The largest absolute Gasteiger partial charge is 0.493 e. The minimum absolute atomic E-state index is 0.0135. The van der Waals surface area contributed by atoms with Crippen LogP contribution in [0.1, 0.15) is 102 Å². The molecule has 3 atom stereocenters. The van der Waals surface area contributed by atoms with Gasteiger partial charge in [-0.3, -0.25) is 28.8 Å². The van der Waals surface area contributed by atoms with E-state index in [0.717, 1.165) is 34.7 Å². The number of nitrogens with zero attached hydrogens (tertiary/aromatic N) is 3. The second-order valence-electron chi connectivity index (χ2n) is 16.8. The normalized spacial score (nSPS) is 12.0. The van der Waals surface area contributed by atoms with Gasteiger partial charge in [-0.1, -0.05) is 99.8 Å². The number of benzene rings is 4.